The van der Waals surface area contributed by atoms with Crippen LogP contribution in [0.5, 0.6) is 11.5 Å². The zero-order chi connectivity index (χ0) is 25.5. The van der Waals surface area contributed by atoms with Crippen molar-refractivity contribution in [2.45, 2.75) is 46.1 Å². The maximum absolute atomic E-state index is 13.0. The van der Waals surface area contributed by atoms with Crippen LogP contribution < -0.4 is 9.47 Å². The molecule has 0 radical (unpaired) electrons. The number of aryl methyl sites for hydroxylation is 1. The number of carbonyl (C=O) groups is 3. The topological polar surface area (TPSA) is 76.2 Å². The van der Waals surface area contributed by atoms with Gasteiger partial charge < -0.3 is 14.4 Å². The number of rotatable bonds is 8. The number of imide groups is 1. The second-order valence-electron chi connectivity index (χ2n) is 8.98. The van der Waals surface area contributed by atoms with Gasteiger partial charge in [0.25, 0.3) is 11.1 Å². The normalized spacial score (nSPS) is 17.4. The summed E-state index contributed by atoms with van der Waals surface area (Å²) in [5.74, 6) is 0.557. The molecule has 2 fully saturated rings. The van der Waals surface area contributed by atoms with Gasteiger partial charge in [-0.2, -0.15) is 0 Å². The van der Waals surface area contributed by atoms with E-state index >= 15 is 0 Å². The number of thioether (sulfide) groups is 1. The first kappa shape index (κ1) is 25.8. The number of hydrogen-bond donors (Lipinski definition) is 0. The van der Waals surface area contributed by atoms with E-state index in [1.807, 2.05) is 38.1 Å². The third-order valence-corrected chi connectivity index (χ3v) is 7.08. The second kappa shape index (κ2) is 12.1. The number of hydrogen-bond acceptors (Lipinski definition) is 6. The smallest absolute Gasteiger partial charge is 0.294 e. The lowest BCUT2D eigenvalue weighted by molar-refractivity contribution is -0.135. The molecule has 2 aliphatic heterocycles. The van der Waals surface area contributed by atoms with Gasteiger partial charge in [0.1, 0.15) is 13.2 Å². The molecule has 4 rings (SSSR count). The third kappa shape index (κ3) is 6.49. The standard InChI is InChI=1S/C28H32N2O5S/c1-3-34-24-16-21(11-12-23(24)35-19-22-10-8-9-20(2)15-22)17-25-27(32)30(28(33)36-25)18-26(31)29-13-6-4-5-7-14-29/h8-12,15-17H,3-7,13-14,18-19H2,1-2H3. The van der Waals surface area contributed by atoms with E-state index in [1.165, 1.54) is 5.56 Å². The Labute approximate surface area is 216 Å². The first-order chi connectivity index (χ1) is 17.4. The molecule has 0 aromatic heterocycles. The molecule has 0 aliphatic carbocycles. The van der Waals surface area contributed by atoms with Crippen molar-refractivity contribution in [2.75, 3.05) is 26.2 Å². The number of carbonyl (C=O) groups excluding carboxylic acids is 3. The van der Waals surface area contributed by atoms with Crippen molar-refractivity contribution in [1.82, 2.24) is 9.80 Å². The molecule has 8 heteroatoms. The van der Waals surface area contributed by atoms with E-state index in [9.17, 15) is 14.4 Å². The molecule has 36 heavy (non-hydrogen) atoms. The highest BCUT2D eigenvalue weighted by Crippen LogP contribution is 2.35. The quantitative estimate of drug-likeness (QED) is 0.444. The largest absolute Gasteiger partial charge is 0.490 e. The molecule has 0 atom stereocenters. The molecular formula is C28H32N2O5S. The van der Waals surface area contributed by atoms with Crippen LogP contribution in [0.2, 0.25) is 0 Å². The van der Waals surface area contributed by atoms with Crippen LogP contribution in [0.3, 0.4) is 0 Å². The summed E-state index contributed by atoms with van der Waals surface area (Å²) < 4.78 is 11.8. The summed E-state index contributed by atoms with van der Waals surface area (Å²) in [6.45, 7) is 5.95. The number of nitrogens with zero attached hydrogens (tertiary/aromatic N) is 2. The van der Waals surface area contributed by atoms with E-state index in [2.05, 4.69) is 6.07 Å². The van der Waals surface area contributed by atoms with Crippen molar-refractivity contribution in [3.05, 3.63) is 64.1 Å². The fraction of sp³-hybridized carbons (Fsp3) is 0.393. The van der Waals surface area contributed by atoms with Crippen molar-refractivity contribution in [2.24, 2.45) is 0 Å². The van der Waals surface area contributed by atoms with Crippen LogP contribution in [0, 0.1) is 6.92 Å². The van der Waals surface area contributed by atoms with Crippen molar-refractivity contribution in [3.63, 3.8) is 0 Å². The molecule has 7 nitrogen and oxygen atoms in total. The Bertz CT molecular complexity index is 1150. The van der Waals surface area contributed by atoms with Gasteiger partial charge in [-0.3, -0.25) is 19.3 Å². The molecular weight excluding hydrogens is 476 g/mol. The molecule has 2 aromatic rings. The summed E-state index contributed by atoms with van der Waals surface area (Å²) >= 11 is 0.857. The maximum atomic E-state index is 13.0. The van der Waals surface area contributed by atoms with Crippen LogP contribution in [-0.4, -0.2) is 53.1 Å². The van der Waals surface area contributed by atoms with Gasteiger partial charge in [0.15, 0.2) is 11.5 Å². The summed E-state index contributed by atoms with van der Waals surface area (Å²) in [5.41, 5.74) is 2.94. The Morgan fingerprint density at radius 2 is 1.78 bits per heavy atom. The number of ether oxygens (including phenoxy) is 2. The van der Waals surface area contributed by atoms with Gasteiger partial charge in [0.2, 0.25) is 5.91 Å². The lowest BCUT2D eigenvalue weighted by atomic mass is 10.1. The first-order valence-corrected chi connectivity index (χ1v) is 13.2. The Hall–Kier alpha value is -3.26. The number of benzene rings is 2. The molecule has 2 aromatic carbocycles. The molecule has 3 amide bonds. The van der Waals surface area contributed by atoms with Crippen LogP contribution >= 0.6 is 11.8 Å². The second-order valence-corrected chi connectivity index (χ2v) is 9.97. The van der Waals surface area contributed by atoms with Gasteiger partial charge in [-0.1, -0.05) is 48.7 Å². The van der Waals surface area contributed by atoms with E-state index in [0.717, 1.165) is 47.9 Å². The summed E-state index contributed by atoms with van der Waals surface area (Å²) in [6.07, 6.45) is 5.79. The third-order valence-electron chi connectivity index (χ3n) is 6.17. The highest BCUT2D eigenvalue weighted by Gasteiger charge is 2.37. The average Bonchev–Trinajstić information content (AvgIpc) is 3.04. The van der Waals surface area contributed by atoms with Crippen molar-refractivity contribution in [1.29, 1.82) is 0 Å². The lowest BCUT2D eigenvalue weighted by Crippen LogP contribution is -2.42. The maximum Gasteiger partial charge on any atom is 0.294 e. The van der Waals surface area contributed by atoms with Gasteiger partial charge in [-0.05, 0) is 67.8 Å². The highest BCUT2D eigenvalue weighted by molar-refractivity contribution is 8.18. The van der Waals surface area contributed by atoms with Crippen molar-refractivity contribution >= 4 is 34.9 Å². The molecule has 0 unspecified atom stereocenters. The molecule has 0 N–H and O–H groups in total. The van der Waals surface area contributed by atoms with Crippen molar-refractivity contribution < 1.29 is 23.9 Å². The summed E-state index contributed by atoms with van der Waals surface area (Å²) in [4.78, 5) is 41.3. The van der Waals surface area contributed by atoms with Gasteiger partial charge in [0, 0.05) is 13.1 Å². The molecule has 0 bridgehead atoms. The molecule has 190 valence electrons. The van der Waals surface area contributed by atoms with Crippen LogP contribution in [0.25, 0.3) is 6.08 Å². The fourth-order valence-corrected chi connectivity index (χ4v) is 5.15. The molecule has 2 saturated heterocycles. The van der Waals surface area contributed by atoms with Gasteiger partial charge in [0.05, 0.1) is 11.5 Å². The Kier molecular flexibility index (Phi) is 8.70. The molecule has 2 heterocycles. The van der Waals surface area contributed by atoms with E-state index in [1.54, 1.807) is 23.1 Å². The SMILES string of the molecule is CCOc1cc(C=C2SC(=O)N(CC(=O)N3CCCCCC3)C2=O)ccc1OCc1cccc(C)c1. The zero-order valence-corrected chi connectivity index (χ0v) is 21.6. The predicted molar refractivity (Wildman–Crippen MR) is 141 cm³/mol. The first-order valence-electron chi connectivity index (χ1n) is 12.4. The van der Waals surface area contributed by atoms with Crippen LogP contribution in [0.1, 0.15) is 49.3 Å². The van der Waals surface area contributed by atoms with Gasteiger partial charge >= 0.3 is 0 Å². The van der Waals surface area contributed by atoms with E-state index in [0.29, 0.717) is 48.3 Å². The molecule has 0 spiro atoms. The van der Waals surface area contributed by atoms with Crippen LogP contribution in [0.4, 0.5) is 4.79 Å². The van der Waals surface area contributed by atoms with E-state index in [-0.39, 0.29) is 12.5 Å². The predicted octanol–water partition coefficient (Wildman–Crippen LogP) is 5.41. The Balaban J connectivity index is 1.45. The van der Waals surface area contributed by atoms with Crippen LogP contribution in [-0.2, 0) is 16.2 Å². The summed E-state index contributed by atoms with van der Waals surface area (Å²) in [5, 5.41) is -0.419. The van der Waals surface area contributed by atoms with Gasteiger partial charge in [-0.15, -0.1) is 0 Å². The molecule has 2 aliphatic rings. The van der Waals surface area contributed by atoms with E-state index < -0.39 is 11.1 Å². The Morgan fingerprint density at radius 3 is 2.50 bits per heavy atom. The highest BCUT2D eigenvalue weighted by atomic mass is 32.2. The minimum absolute atomic E-state index is 0.172. The Morgan fingerprint density at radius 1 is 1.00 bits per heavy atom. The number of likely N-dealkylation sites (tertiary alicyclic amines) is 1. The average molecular weight is 509 g/mol. The van der Waals surface area contributed by atoms with Crippen LogP contribution in [0.15, 0.2) is 47.4 Å². The lowest BCUT2D eigenvalue weighted by Gasteiger charge is -2.22. The monoisotopic (exact) mass is 508 g/mol. The minimum atomic E-state index is -0.439. The number of amides is 3. The molecule has 0 saturated carbocycles. The van der Waals surface area contributed by atoms with E-state index in [4.69, 9.17) is 9.47 Å². The summed E-state index contributed by atoms with van der Waals surface area (Å²) in [7, 11) is 0. The van der Waals surface area contributed by atoms with Crippen molar-refractivity contribution in [3.8, 4) is 11.5 Å². The zero-order valence-electron chi connectivity index (χ0n) is 20.8. The van der Waals surface area contributed by atoms with Gasteiger partial charge in [-0.25, -0.2) is 0 Å². The fourth-order valence-electron chi connectivity index (χ4n) is 4.31. The summed E-state index contributed by atoms with van der Waals surface area (Å²) in [6, 6.07) is 13.5. The minimum Gasteiger partial charge on any atom is -0.490 e.